The zero-order chi connectivity index (χ0) is 15.0. The number of carboxylic acids is 1. The van der Waals surface area contributed by atoms with Gasteiger partial charge in [0.1, 0.15) is 0 Å². The van der Waals surface area contributed by atoms with E-state index in [-0.39, 0.29) is 13.0 Å². The molecule has 1 fully saturated rings. The minimum atomic E-state index is -0.930. The van der Waals surface area contributed by atoms with Crippen molar-refractivity contribution in [2.24, 2.45) is 0 Å². The van der Waals surface area contributed by atoms with E-state index in [2.05, 4.69) is 10.6 Å². The van der Waals surface area contributed by atoms with Crippen LogP contribution >= 0.6 is 0 Å². The van der Waals surface area contributed by atoms with Gasteiger partial charge in [-0.2, -0.15) is 0 Å². The molecule has 0 aromatic rings. The van der Waals surface area contributed by atoms with Gasteiger partial charge in [0.05, 0.1) is 25.7 Å². The molecule has 1 rings (SSSR count). The summed E-state index contributed by atoms with van der Waals surface area (Å²) >= 11 is 0. The third kappa shape index (κ3) is 6.48. The fourth-order valence-electron chi connectivity index (χ4n) is 1.89. The molecule has 0 radical (unpaired) electrons. The van der Waals surface area contributed by atoms with Crippen molar-refractivity contribution in [1.29, 1.82) is 0 Å². The zero-order valence-corrected chi connectivity index (χ0v) is 11.6. The summed E-state index contributed by atoms with van der Waals surface area (Å²) in [6.45, 7) is 3.78. The first-order valence-electron chi connectivity index (χ1n) is 6.64. The fourth-order valence-corrected chi connectivity index (χ4v) is 1.89. The Kier molecular flexibility index (Phi) is 6.96. The van der Waals surface area contributed by atoms with Crippen LogP contribution < -0.4 is 10.6 Å². The molecule has 0 spiro atoms. The lowest BCUT2D eigenvalue weighted by Gasteiger charge is -2.31. The Morgan fingerprint density at radius 3 is 2.80 bits per heavy atom. The molecule has 0 saturated carbocycles. The first kappa shape index (κ1) is 16.4. The Hall–Kier alpha value is -1.67. The molecule has 1 saturated heterocycles. The third-order valence-corrected chi connectivity index (χ3v) is 2.78. The van der Waals surface area contributed by atoms with Gasteiger partial charge in [0.15, 0.2) is 0 Å². The number of carbonyl (C=O) groups excluding carboxylic acids is 2. The number of amides is 3. The summed E-state index contributed by atoms with van der Waals surface area (Å²) in [5.41, 5.74) is 0. The summed E-state index contributed by atoms with van der Waals surface area (Å²) in [5.74, 6) is -1.34. The van der Waals surface area contributed by atoms with Crippen LogP contribution in [0.2, 0.25) is 0 Å². The molecule has 0 bridgehead atoms. The van der Waals surface area contributed by atoms with Crippen LogP contribution in [-0.4, -0.2) is 66.8 Å². The van der Waals surface area contributed by atoms with Crippen LogP contribution in [0.5, 0.6) is 0 Å². The summed E-state index contributed by atoms with van der Waals surface area (Å²) in [6, 6.07) is -0.507. The van der Waals surface area contributed by atoms with E-state index in [4.69, 9.17) is 9.84 Å². The third-order valence-electron chi connectivity index (χ3n) is 2.78. The average molecular weight is 287 g/mol. The molecule has 3 N–H and O–H groups in total. The van der Waals surface area contributed by atoms with Gasteiger partial charge in [-0.05, 0) is 6.42 Å². The predicted molar refractivity (Wildman–Crippen MR) is 70.3 cm³/mol. The maximum Gasteiger partial charge on any atom is 0.321 e. The van der Waals surface area contributed by atoms with E-state index in [0.717, 1.165) is 6.42 Å². The van der Waals surface area contributed by atoms with Crippen molar-refractivity contribution in [3.05, 3.63) is 0 Å². The molecule has 8 heteroatoms. The summed E-state index contributed by atoms with van der Waals surface area (Å²) in [5, 5.41) is 13.5. The summed E-state index contributed by atoms with van der Waals surface area (Å²) in [6.07, 6.45) is 0.291. The van der Waals surface area contributed by atoms with E-state index in [0.29, 0.717) is 26.2 Å². The maximum atomic E-state index is 11.6. The van der Waals surface area contributed by atoms with E-state index in [1.165, 1.54) is 0 Å². The zero-order valence-electron chi connectivity index (χ0n) is 11.6. The van der Waals surface area contributed by atoms with Crippen LogP contribution in [0.25, 0.3) is 0 Å². The number of imide groups is 1. The van der Waals surface area contributed by atoms with Gasteiger partial charge in [-0.1, -0.05) is 6.92 Å². The molecule has 8 nitrogen and oxygen atoms in total. The number of rotatable bonds is 6. The monoisotopic (exact) mass is 287 g/mol. The number of hydrogen-bond donors (Lipinski definition) is 3. The molecule has 3 amide bonds. The van der Waals surface area contributed by atoms with Crippen LogP contribution in [0.1, 0.15) is 19.8 Å². The normalized spacial score (nSPS) is 19.4. The van der Waals surface area contributed by atoms with Crippen molar-refractivity contribution in [1.82, 2.24) is 15.5 Å². The van der Waals surface area contributed by atoms with Crippen LogP contribution in [0.4, 0.5) is 4.79 Å². The predicted octanol–water partition coefficient (Wildman–Crippen LogP) is -0.602. The van der Waals surface area contributed by atoms with Crippen molar-refractivity contribution in [2.75, 3.05) is 32.8 Å². The van der Waals surface area contributed by atoms with E-state index in [1.54, 1.807) is 4.90 Å². The van der Waals surface area contributed by atoms with Gasteiger partial charge < -0.3 is 15.2 Å². The highest BCUT2D eigenvalue weighted by Crippen LogP contribution is 2.08. The highest BCUT2D eigenvalue weighted by atomic mass is 16.5. The lowest BCUT2D eigenvalue weighted by molar-refractivity contribution is -0.142. The number of carbonyl (C=O) groups is 3. The van der Waals surface area contributed by atoms with Crippen LogP contribution in [0, 0.1) is 0 Å². The molecule has 1 atom stereocenters. The molecular weight excluding hydrogens is 266 g/mol. The molecule has 0 aromatic heterocycles. The summed E-state index contributed by atoms with van der Waals surface area (Å²) < 4.78 is 5.30. The standard InChI is InChI=1S/C12H21N3O5/c1-2-3-13-12(19)14-10(16)8-15-4-5-20-9(7-15)6-11(17)18/h9H,2-8H2,1H3,(H,17,18)(H2,13,14,16,19). The summed E-state index contributed by atoms with van der Waals surface area (Å²) in [7, 11) is 0. The highest BCUT2D eigenvalue weighted by molar-refractivity contribution is 5.95. The molecule has 20 heavy (non-hydrogen) atoms. The quantitative estimate of drug-likeness (QED) is 0.602. The minimum Gasteiger partial charge on any atom is -0.481 e. The first-order chi connectivity index (χ1) is 9.51. The number of carboxylic acid groups (broad SMARTS) is 1. The molecule has 1 aliphatic heterocycles. The van der Waals surface area contributed by atoms with Gasteiger partial charge in [0.2, 0.25) is 5.91 Å². The van der Waals surface area contributed by atoms with E-state index < -0.39 is 24.0 Å². The maximum absolute atomic E-state index is 11.6. The topological polar surface area (TPSA) is 108 Å². The largest absolute Gasteiger partial charge is 0.481 e. The molecule has 1 heterocycles. The number of hydrogen-bond acceptors (Lipinski definition) is 5. The molecule has 114 valence electrons. The highest BCUT2D eigenvalue weighted by Gasteiger charge is 2.24. The van der Waals surface area contributed by atoms with Gasteiger partial charge in [-0.25, -0.2) is 4.79 Å². The number of morpholine rings is 1. The van der Waals surface area contributed by atoms with Crippen LogP contribution in [0.15, 0.2) is 0 Å². The van der Waals surface area contributed by atoms with Crippen molar-refractivity contribution in [3.8, 4) is 0 Å². The summed E-state index contributed by atoms with van der Waals surface area (Å²) in [4.78, 5) is 35.3. The van der Waals surface area contributed by atoms with Crippen molar-refractivity contribution in [2.45, 2.75) is 25.9 Å². The lowest BCUT2D eigenvalue weighted by Crippen LogP contribution is -2.49. The van der Waals surface area contributed by atoms with Gasteiger partial charge in [0, 0.05) is 19.6 Å². The van der Waals surface area contributed by atoms with Gasteiger partial charge in [-0.15, -0.1) is 0 Å². The van der Waals surface area contributed by atoms with Gasteiger partial charge >= 0.3 is 12.0 Å². The Bertz CT molecular complexity index is 361. The van der Waals surface area contributed by atoms with Crippen molar-refractivity contribution >= 4 is 17.9 Å². The molecule has 0 aliphatic carbocycles. The number of aliphatic carboxylic acids is 1. The number of nitrogens with one attached hydrogen (secondary N) is 2. The SMILES string of the molecule is CCCNC(=O)NC(=O)CN1CCOC(CC(=O)O)C1. The molecule has 0 aromatic carbocycles. The van der Waals surface area contributed by atoms with Crippen molar-refractivity contribution < 1.29 is 24.2 Å². The second-order valence-corrected chi connectivity index (χ2v) is 4.63. The second-order valence-electron chi connectivity index (χ2n) is 4.63. The first-order valence-corrected chi connectivity index (χ1v) is 6.64. The van der Waals surface area contributed by atoms with Gasteiger partial charge in [0.25, 0.3) is 0 Å². The average Bonchev–Trinajstić information content (AvgIpc) is 2.35. The van der Waals surface area contributed by atoms with Crippen LogP contribution in [-0.2, 0) is 14.3 Å². The molecule has 1 unspecified atom stereocenters. The Morgan fingerprint density at radius 2 is 2.15 bits per heavy atom. The van der Waals surface area contributed by atoms with Crippen LogP contribution in [0.3, 0.4) is 0 Å². The Balaban J connectivity index is 2.30. The van der Waals surface area contributed by atoms with Crippen molar-refractivity contribution in [3.63, 3.8) is 0 Å². The molecule has 1 aliphatic rings. The fraction of sp³-hybridized carbons (Fsp3) is 0.750. The number of urea groups is 1. The van der Waals surface area contributed by atoms with Gasteiger partial charge in [-0.3, -0.25) is 19.8 Å². The minimum absolute atomic E-state index is 0.0546. The number of ether oxygens (including phenoxy) is 1. The molecular formula is C12H21N3O5. The van der Waals surface area contributed by atoms with E-state index in [9.17, 15) is 14.4 Å². The lowest BCUT2D eigenvalue weighted by atomic mass is 10.2. The van der Waals surface area contributed by atoms with E-state index >= 15 is 0 Å². The van der Waals surface area contributed by atoms with E-state index in [1.807, 2.05) is 6.92 Å². The second kappa shape index (κ2) is 8.49. The smallest absolute Gasteiger partial charge is 0.321 e. The Labute approximate surface area is 117 Å². The number of nitrogens with zero attached hydrogens (tertiary/aromatic N) is 1. The Morgan fingerprint density at radius 1 is 1.40 bits per heavy atom.